The summed E-state index contributed by atoms with van der Waals surface area (Å²) in [5.74, 6) is -0.286. The number of fused-ring (bicyclic) bond motifs is 1. The summed E-state index contributed by atoms with van der Waals surface area (Å²) in [6.07, 6.45) is 4.82. The van der Waals surface area contributed by atoms with Crippen LogP contribution in [-0.4, -0.2) is 40.3 Å². The van der Waals surface area contributed by atoms with Gasteiger partial charge in [-0.3, -0.25) is 24.7 Å². The molecule has 3 amide bonds. The van der Waals surface area contributed by atoms with Gasteiger partial charge in [-0.1, -0.05) is 12.1 Å². The van der Waals surface area contributed by atoms with Crippen molar-refractivity contribution >= 4 is 45.9 Å². The highest BCUT2D eigenvalue weighted by atomic mass is 32.2. The smallest absolute Gasteiger partial charge is 0.290 e. The van der Waals surface area contributed by atoms with E-state index in [9.17, 15) is 14.4 Å². The first-order chi connectivity index (χ1) is 14.0. The van der Waals surface area contributed by atoms with Crippen LogP contribution in [0.15, 0.2) is 52.0 Å². The molecule has 1 aromatic carbocycles. The molecule has 0 spiro atoms. The van der Waals surface area contributed by atoms with Gasteiger partial charge in [-0.2, -0.15) is 0 Å². The Kier molecular flexibility index (Phi) is 5.15. The Morgan fingerprint density at radius 3 is 2.72 bits per heavy atom. The summed E-state index contributed by atoms with van der Waals surface area (Å²) in [6, 6.07) is 8.66. The van der Waals surface area contributed by atoms with E-state index in [-0.39, 0.29) is 24.0 Å². The molecule has 0 unspecified atom stereocenters. The molecule has 0 aliphatic carbocycles. The molecule has 9 heteroatoms. The van der Waals surface area contributed by atoms with Crippen molar-refractivity contribution < 1.29 is 23.9 Å². The number of rotatable bonds is 5. The van der Waals surface area contributed by atoms with Gasteiger partial charge >= 0.3 is 0 Å². The predicted octanol–water partition coefficient (Wildman–Crippen LogP) is 2.54. The van der Waals surface area contributed by atoms with Crippen LogP contribution >= 0.6 is 11.8 Å². The molecule has 29 heavy (non-hydrogen) atoms. The number of thioether (sulfide) groups is 1. The third kappa shape index (κ3) is 3.91. The van der Waals surface area contributed by atoms with Crippen LogP contribution in [0.2, 0.25) is 0 Å². The lowest BCUT2D eigenvalue weighted by Crippen LogP contribution is -2.26. The number of hydrogen-bond donors (Lipinski definition) is 3. The Balaban J connectivity index is 1.65. The molecule has 8 nitrogen and oxygen atoms in total. The van der Waals surface area contributed by atoms with Gasteiger partial charge in [0.05, 0.1) is 11.5 Å². The van der Waals surface area contributed by atoms with Crippen molar-refractivity contribution in [2.24, 2.45) is 0 Å². The summed E-state index contributed by atoms with van der Waals surface area (Å²) < 4.78 is 5.90. The van der Waals surface area contributed by atoms with E-state index in [0.717, 1.165) is 28.3 Å². The average molecular weight is 409 g/mol. The zero-order valence-corrected chi connectivity index (χ0v) is 15.8. The number of nitrogens with one attached hydrogen (secondary N) is 2. The quantitative estimate of drug-likeness (QED) is 0.554. The Morgan fingerprint density at radius 2 is 2.03 bits per heavy atom. The van der Waals surface area contributed by atoms with Crippen LogP contribution in [0.5, 0.6) is 0 Å². The molecule has 1 fully saturated rings. The van der Waals surface area contributed by atoms with Gasteiger partial charge in [-0.25, -0.2) is 0 Å². The van der Waals surface area contributed by atoms with E-state index in [1.165, 1.54) is 6.08 Å². The second-order valence-corrected chi connectivity index (χ2v) is 7.18. The Bertz CT molecular complexity index is 1150. The lowest BCUT2D eigenvalue weighted by Gasteiger charge is -2.05. The fourth-order valence-electron chi connectivity index (χ4n) is 2.88. The summed E-state index contributed by atoms with van der Waals surface area (Å²) in [5.41, 5.74) is 2.59. The topological polar surface area (TPSA) is 122 Å². The van der Waals surface area contributed by atoms with Crippen LogP contribution in [0.25, 0.3) is 28.2 Å². The minimum Gasteiger partial charge on any atom is -0.456 e. The number of pyridine rings is 1. The van der Waals surface area contributed by atoms with Gasteiger partial charge in [-0.05, 0) is 35.5 Å². The number of benzene rings is 1. The van der Waals surface area contributed by atoms with Crippen LogP contribution in [0.1, 0.15) is 16.1 Å². The van der Waals surface area contributed by atoms with Crippen LogP contribution in [0, 0.1) is 0 Å². The Labute approximate surface area is 169 Å². The number of aliphatic hydroxyl groups excluding tert-OH is 1. The lowest BCUT2D eigenvalue weighted by atomic mass is 10.0. The highest BCUT2D eigenvalue weighted by Crippen LogP contribution is 2.32. The third-order valence-corrected chi connectivity index (χ3v) is 5.02. The first kappa shape index (κ1) is 18.9. The van der Waals surface area contributed by atoms with E-state index in [1.807, 2.05) is 0 Å². The lowest BCUT2D eigenvalue weighted by molar-refractivity contribution is -0.115. The molecule has 3 heterocycles. The maximum Gasteiger partial charge on any atom is 0.290 e. The Morgan fingerprint density at radius 1 is 1.24 bits per heavy atom. The normalized spacial score (nSPS) is 15.1. The summed E-state index contributed by atoms with van der Waals surface area (Å²) in [4.78, 5) is 39.5. The number of carbonyl (C=O) groups excluding carboxylic acids is 3. The molecule has 3 N–H and O–H groups in total. The molecular weight excluding hydrogens is 394 g/mol. The second kappa shape index (κ2) is 7.90. The van der Waals surface area contributed by atoms with Crippen LogP contribution in [0.4, 0.5) is 4.79 Å². The molecule has 0 atom stereocenters. The number of aliphatic hydroxyl groups is 1. The molecule has 4 rings (SSSR count). The van der Waals surface area contributed by atoms with E-state index >= 15 is 0 Å². The molecular formula is C20H15N3O5S. The summed E-state index contributed by atoms with van der Waals surface area (Å²) >= 11 is 0.821. The summed E-state index contributed by atoms with van der Waals surface area (Å²) in [6.45, 7) is 0.0687. The van der Waals surface area contributed by atoms with Crippen LogP contribution in [0.3, 0.4) is 0 Å². The predicted molar refractivity (Wildman–Crippen MR) is 108 cm³/mol. The molecule has 1 aliphatic rings. The van der Waals surface area contributed by atoms with E-state index in [1.54, 1.807) is 42.7 Å². The first-order valence-corrected chi connectivity index (χ1v) is 9.48. The number of hydrogen-bond acceptors (Lipinski definition) is 7. The molecule has 1 aliphatic heterocycles. The van der Waals surface area contributed by atoms with Crippen molar-refractivity contribution in [3.63, 3.8) is 0 Å². The highest BCUT2D eigenvalue weighted by Gasteiger charge is 2.25. The minimum atomic E-state index is -0.450. The van der Waals surface area contributed by atoms with Gasteiger partial charge in [0.1, 0.15) is 11.3 Å². The van der Waals surface area contributed by atoms with E-state index in [2.05, 4.69) is 15.6 Å². The fourth-order valence-corrected chi connectivity index (χ4v) is 3.54. The molecule has 3 aromatic rings. The van der Waals surface area contributed by atoms with Crippen molar-refractivity contribution in [3.8, 4) is 11.1 Å². The standard InChI is InChI=1S/C20H15N3O5S/c24-6-5-22-18(25)12-3-1-11(2-4-12)15-10-21-9-13-7-14(28-17(13)15)8-16-19(26)23-20(27)29-16/h1-4,7-10,24H,5-6H2,(H,22,25)(H,23,26,27). The number of amides is 3. The van der Waals surface area contributed by atoms with Crippen LogP contribution in [-0.2, 0) is 4.79 Å². The van der Waals surface area contributed by atoms with Gasteiger partial charge in [0.2, 0.25) is 0 Å². The van der Waals surface area contributed by atoms with Gasteiger partial charge < -0.3 is 14.8 Å². The van der Waals surface area contributed by atoms with E-state index in [4.69, 9.17) is 9.52 Å². The van der Waals surface area contributed by atoms with Crippen LogP contribution < -0.4 is 10.6 Å². The third-order valence-electron chi connectivity index (χ3n) is 4.21. The van der Waals surface area contributed by atoms with Gasteiger partial charge in [-0.15, -0.1) is 0 Å². The summed E-state index contributed by atoms with van der Waals surface area (Å²) in [5, 5.41) is 13.9. The molecule has 0 saturated carbocycles. The van der Waals surface area contributed by atoms with Gasteiger partial charge in [0.25, 0.3) is 17.1 Å². The number of nitrogens with zero attached hydrogens (tertiary/aromatic N) is 1. The number of aromatic nitrogens is 1. The maximum atomic E-state index is 12.0. The van der Waals surface area contributed by atoms with E-state index in [0.29, 0.717) is 16.9 Å². The van der Waals surface area contributed by atoms with E-state index < -0.39 is 11.1 Å². The molecule has 0 bridgehead atoms. The number of imide groups is 1. The average Bonchev–Trinajstić information content (AvgIpc) is 3.27. The number of carbonyl (C=O) groups is 3. The number of furan rings is 1. The zero-order chi connectivity index (χ0) is 20.4. The van der Waals surface area contributed by atoms with Gasteiger partial charge in [0.15, 0.2) is 0 Å². The fraction of sp³-hybridized carbons (Fsp3) is 0.100. The van der Waals surface area contributed by atoms with Crippen molar-refractivity contribution in [1.29, 1.82) is 0 Å². The highest BCUT2D eigenvalue weighted by molar-refractivity contribution is 8.18. The second-order valence-electron chi connectivity index (χ2n) is 6.16. The maximum absolute atomic E-state index is 12.0. The van der Waals surface area contributed by atoms with Crippen molar-refractivity contribution in [3.05, 3.63) is 59.0 Å². The zero-order valence-electron chi connectivity index (χ0n) is 15.0. The first-order valence-electron chi connectivity index (χ1n) is 8.67. The van der Waals surface area contributed by atoms with Crippen molar-refractivity contribution in [1.82, 2.24) is 15.6 Å². The molecule has 1 saturated heterocycles. The molecule has 2 aromatic heterocycles. The van der Waals surface area contributed by atoms with Crippen molar-refractivity contribution in [2.45, 2.75) is 0 Å². The molecule has 0 radical (unpaired) electrons. The minimum absolute atomic E-state index is 0.122. The largest absolute Gasteiger partial charge is 0.456 e. The van der Waals surface area contributed by atoms with Crippen molar-refractivity contribution in [2.75, 3.05) is 13.2 Å². The SMILES string of the molecule is O=C1NC(=O)C(=Cc2cc3cncc(-c4ccc(C(=O)NCCO)cc4)c3o2)S1. The monoisotopic (exact) mass is 409 g/mol. The van der Waals surface area contributed by atoms with Gasteiger partial charge in [0, 0.05) is 41.5 Å². The summed E-state index contributed by atoms with van der Waals surface area (Å²) in [7, 11) is 0. The Hall–Kier alpha value is -3.43. The molecule has 146 valence electrons.